The minimum atomic E-state index is -3.26. The number of nitrogens with one attached hydrogen (secondary N) is 1. The standard InChI is InChI=1S/C15H24N4O2S/c1-12-9-16-15(17-10-12)19-8-4-7-14(11-19)22(20,21)18-13-5-2-3-6-13/h9-10,13-14,18H,2-8,11H2,1H3/t14-/m1/s1. The molecule has 2 fully saturated rings. The lowest BCUT2D eigenvalue weighted by Gasteiger charge is -2.33. The maximum absolute atomic E-state index is 12.6. The summed E-state index contributed by atoms with van der Waals surface area (Å²) < 4.78 is 28.1. The van der Waals surface area contributed by atoms with E-state index in [0.717, 1.165) is 44.2 Å². The van der Waals surface area contributed by atoms with Gasteiger partial charge < -0.3 is 4.90 Å². The molecule has 0 amide bonds. The Bertz CT molecular complexity index is 596. The van der Waals surface area contributed by atoms with Crippen molar-refractivity contribution in [3.8, 4) is 0 Å². The van der Waals surface area contributed by atoms with E-state index in [9.17, 15) is 8.42 Å². The SMILES string of the molecule is Cc1cnc(N2CCC[C@@H](S(=O)(=O)NC3CCCC3)C2)nc1. The van der Waals surface area contributed by atoms with Crippen LogP contribution in [0.2, 0.25) is 0 Å². The molecule has 6 nitrogen and oxygen atoms in total. The van der Waals surface area contributed by atoms with Gasteiger partial charge in [0, 0.05) is 31.5 Å². The molecule has 1 aliphatic carbocycles. The van der Waals surface area contributed by atoms with Crippen LogP contribution < -0.4 is 9.62 Å². The Kier molecular flexibility index (Phi) is 4.63. The van der Waals surface area contributed by atoms with Crippen molar-refractivity contribution in [3.05, 3.63) is 18.0 Å². The summed E-state index contributed by atoms with van der Waals surface area (Å²) in [6.45, 7) is 3.24. The van der Waals surface area contributed by atoms with Crippen molar-refractivity contribution < 1.29 is 8.42 Å². The lowest BCUT2D eigenvalue weighted by atomic mass is 10.1. The highest BCUT2D eigenvalue weighted by Crippen LogP contribution is 2.23. The summed E-state index contributed by atoms with van der Waals surface area (Å²) in [6, 6.07) is 0.135. The summed E-state index contributed by atoms with van der Waals surface area (Å²) >= 11 is 0. The molecule has 7 heteroatoms. The number of hydrogen-bond donors (Lipinski definition) is 1. The van der Waals surface area contributed by atoms with Crippen molar-refractivity contribution in [1.82, 2.24) is 14.7 Å². The minimum Gasteiger partial charge on any atom is -0.339 e. The summed E-state index contributed by atoms with van der Waals surface area (Å²) in [5, 5.41) is -0.369. The summed E-state index contributed by atoms with van der Waals surface area (Å²) in [4.78, 5) is 10.6. The zero-order valence-electron chi connectivity index (χ0n) is 13.0. The normalized spacial score (nSPS) is 23.9. The van der Waals surface area contributed by atoms with E-state index in [1.165, 1.54) is 0 Å². The fourth-order valence-electron chi connectivity index (χ4n) is 3.29. The van der Waals surface area contributed by atoms with Gasteiger partial charge in [-0.1, -0.05) is 12.8 Å². The molecule has 0 radical (unpaired) electrons. The number of rotatable bonds is 4. The predicted octanol–water partition coefficient (Wildman–Crippen LogP) is 1.62. The third-order valence-corrected chi connectivity index (χ3v) is 6.48. The molecule has 3 rings (SSSR count). The molecule has 22 heavy (non-hydrogen) atoms. The second-order valence-corrected chi connectivity index (χ2v) is 8.41. The third kappa shape index (κ3) is 3.57. The molecule has 1 aromatic heterocycles. The highest BCUT2D eigenvalue weighted by molar-refractivity contribution is 7.90. The van der Waals surface area contributed by atoms with Crippen molar-refractivity contribution in [2.75, 3.05) is 18.0 Å². The maximum atomic E-state index is 12.6. The van der Waals surface area contributed by atoms with E-state index in [-0.39, 0.29) is 11.3 Å². The molecule has 0 aromatic carbocycles. The second kappa shape index (κ2) is 6.50. The Balaban J connectivity index is 1.67. The molecular weight excluding hydrogens is 300 g/mol. The monoisotopic (exact) mass is 324 g/mol. The molecule has 1 saturated carbocycles. The summed E-state index contributed by atoms with van der Waals surface area (Å²) in [5.41, 5.74) is 1.01. The third-order valence-electron chi connectivity index (χ3n) is 4.55. The molecule has 1 saturated heterocycles. The van der Waals surface area contributed by atoms with Crippen LogP contribution >= 0.6 is 0 Å². The number of aromatic nitrogens is 2. The van der Waals surface area contributed by atoms with Gasteiger partial charge in [0.2, 0.25) is 16.0 Å². The number of piperidine rings is 1. The van der Waals surface area contributed by atoms with E-state index < -0.39 is 10.0 Å². The fraction of sp³-hybridized carbons (Fsp3) is 0.733. The number of aryl methyl sites for hydroxylation is 1. The number of anilines is 1. The van der Waals surface area contributed by atoms with Crippen molar-refractivity contribution in [2.45, 2.75) is 56.7 Å². The number of nitrogens with zero attached hydrogens (tertiary/aromatic N) is 3. The van der Waals surface area contributed by atoms with Crippen molar-refractivity contribution >= 4 is 16.0 Å². The van der Waals surface area contributed by atoms with Crippen LogP contribution in [0, 0.1) is 6.92 Å². The van der Waals surface area contributed by atoms with Crippen molar-refractivity contribution in [1.29, 1.82) is 0 Å². The largest absolute Gasteiger partial charge is 0.339 e. The van der Waals surface area contributed by atoms with Gasteiger partial charge in [0.1, 0.15) is 0 Å². The van der Waals surface area contributed by atoms with Gasteiger partial charge in [-0.2, -0.15) is 0 Å². The van der Waals surface area contributed by atoms with Crippen LogP contribution in [0.1, 0.15) is 44.1 Å². The van der Waals surface area contributed by atoms with Gasteiger partial charge in [-0.05, 0) is 38.2 Å². The van der Waals surface area contributed by atoms with Gasteiger partial charge in [-0.25, -0.2) is 23.1 Å². The van der Waals surface area contributed by atoms with Gasteiger partial charge >= 0.3 is 0 Å². The van der Waals surface area contributed by atoms with E-state index in [0.29, 0.717) is 18.9 Å². The Morgan fingerprint density at radius 3 is 2.50 bits per heavy atom. The quantitative estimate of drug-likeness (QED) is 0.911. The van der Waals surface area contributed by atoms with Gasteiger partial charge in [-0.3, -0.25) is 0 Å². The van der Waals surface area contributed by atoms with Crippen LogP contribution in [0.3, 0.4) is 0 Å². The average Bonchev–Trinajstić information content (AvgIpc) is 3.00. The molecule has 1 N–H and O–H groups in total. The Morgan fingerprint density at radius 2 is 1.82 bits per heavy atom. The number of sulfonamides is 1. The first-order valence-electron chi connectivity index (χ1n) is 8.09. The zero-order valence-corrected chi connectivity index (χ0v) is 13.8. The molecule has 0 bridgehead atoms. The van der Waals surface area contributed by atoms with Crippen LogP contribution in [-0.4, -0.2) is 42.8 Å². The van der Waals surface area contributed by atoms with E-state index in [1.807, 2.05) is 11.8 Å². The molecular formula is C15H24N4O2S. The van der Waals surface area contributed by atoms with E-state index in [4.69, 9.17) is 0 Å². The first-order chi connectivity index (χ1) is 10.5. The summed E-state index contributed by atoms with van der Waals surface area (Å²) in [6.07, 6.45) is 9.31. The first kappa shape index (κ1) is 15.7. The smallest absolute Gasteiger partial charge is 0.225 e. The zero-order chi connectivity index (χ0) is 15.6. The van der Waals surface area contributed by atoms with Crippen molar-refractivity contribution in [3.63, 3.8) is 0 Å². The van der Waals surface area contributed by atoms with Gasteiger partial charge in [-0.15, -0.1) is 0 Å². The Morgan fingerprint density at radius 1 is 1.14 bits per heavy atom. The maximum Gasteiger partial charge on any atom is 0.225 e. The molecule has 1 atom stereocenters. The lowest BCUT2D eigenvalue weighted by Crippen LogP contribution is -2.48. The number of hydrogen-bond acceptors (Lipinski definition) is 5. The van der Waals surface area contributed by atoms with Gasteiger partial charge in [0.25, 0.3) is 0 Å². The molecule has 122 valence electrons. The topological polar surface area (TPSA) is 75.2 Å². The van der Waals surface area contributed by atoms with Crippen LogP contribution in [0.5, 0.6) is 0 Å². The van der Waals surface area contributed by atoms with Crippen LogP contribution in [0.15, 0.2) is 12.4 Å². The summed E-state index contributed by atoms with van der Waals surface area (Å²) in [7, 11) is -3.26. The average molecular weight is 324 g/mol. The van der Waals surface area contributed by atoms with Gasteiger partial charge in [0.15, 0.2) is 0 Å². The van der Waals surface area contributed by atoms with Crippen LogP contribution in [0.4, 0.5) is 5.95 Å². The molecule has 1 aromatic rings. The first-order valence-corrected chi connectivity index (χ1v) is 9.64. The van der Waals surface area contributed by atoms with E-state index in [1.54, 1.807) is 12.4 Å². The van der Waals surface area contributed by atoms with E-state index in [2.05, 4.69) is 14.7 Å². The second-order valence-electron chi connectivity index (χ2n) is 6.41. The summed E-state index contributed by atoms with van der Waals surface area (Å²) in [5.74, 6) is 0.631. The molecule has 1 aliphatic heterocycles. The molecule has 0 spiro atoms. The minimum absolute atomic E-state index is 0.135. The molecule has 2 heterocycles. The van der Waals surface area contributed by atoms with Crippen molar-refractivity contribution in [2.24, 2.45) is 0 Å². The molecule has 2 aliphatic rings. The van der Waals surface area contributed by atoms with Gasteiger partial charge in [0.05, 0.1) is 5.25 Å². The highest BCUT2D eigenvalue weighted by Gasteiger charge is 2.33. The Hall–Kier alpha value is -1.21. The highest BCUT2D eigenvalue weighted by atomic mass is 32.2. The fourth-order valence-corrected chi connectivity index (χ4v) is 5.04. The predicted molar refractivity (Wildman–Crippen MR) is 86.3 cm³/mol. The molecule has 0 unspecified atom stereocenters. The van der Waals surface area contributed by atoms with Crippen LogP contribution in [-0.2, 0) is 10.0 Å². The Labute approximate surface area is 132 Å². The lowest BCUT2D eigenvalue weighted by molar-refractivity contribution is 0.503. The van der Waals surface area contributed by atoms with Crippen LogP contribution in [0.25, 0.3) is 0 Å². The van der Waals surface area contributed by atoms with E-state index >= 15 is 0 Å².